The van der Waals surface area contributed by atoms with E-state index in [-0.39, 0.29) is 11.2 Å². The number of aromatic nitrogens is 4. The van der Waals surface area contributed by atoms with Gasteiger partial charge in [0.1, 0.15) is 5.82 Å². The summed E-state index contributed by atoms with van der Waals surface area (Å²) in [5.74, 6) is 0.736. The molecule has 0 saturated heterocycles. The first-order valence-electron chi connectivity index (χ1n) is 9.52. The number of carbonyl (C=O) groups excluding carboxylic acids is 1. The molecule has 0 aliphatic heterocycles. The van der Waals surface area contributed by atoms with Gasteiger partial charge in [0.15, 0.2) is 10.3 Å². The highest BCUT2D eigenvalue weighted by Crippen LogP contribution is 2.26. The lowest BCUT2D eigenvalue weighted by Gasteiger charge is -2.12. The van der Waals surface area contributed by atoms with Crippen molar-refractivity contribution in [2.24, 2.45) is 0 Å². The van der Waals surface area contributed by atoms with Crippen LogP contribution in [0.25, 0.3) is 10.8 Å². The Hall–Kier alpha value is -2.97. The Morgan fingerprint density at radius 2 is 2.10 bits per heavy atom. The monoisotopic (exact) mass is 435 g/mol. The van der Waals surface area contributed by atoms with E-state index in [4.69, 9.17) is 0 Å². The minimum Gasteiger partial charge on any atom is -0.302 e. The number of benzene rings is 2. The van der Waals surface area contributed by atoms with Gasteiger partial charge in [0.05, 0.1) is 5.25 Å². The molecule has 2 aromatic carbocycles. The zero-order chi connectivity index (χ0) is 20.9. The van der Waals surface area contributed by atoms with Gasteiger partial charge < -0.3 is 9.88 Å². The van der Waals surface area contributed by atoms with E-state index < -0.39 is 0 Å². The van der Waals surface area contributed by atoms with Gasteiger partial charge in [0, 0.05) is 24.5 Å². The minimum absolute atomic E-state index is 0.112. The van der Waals surface area contributed by atoms with Gasteiger partial charge in [-0.15, -0.1) is 28.1 Å². The molecule has 0 saturated carbocycles. The van der Waals surface area contributed by atoms with E-state index in [2.05, 4.69) is 57.4 Å². The first kappa shape index (κ1) is 20.3. The maximum Gasteiger partial charge on any atom is 0.239 e. The first-order chi connectivity index (χ1) is 14.7. The highest BCUT2D eigenvalue weighted by molar-refractivity contribution is 8.00. The smallest absolute Gasteiger partial charge is 0.239 e. The predicted octanol–water partition coefficient (Wildman–Crippen LogP) is 4.78. The number of nitrogens with zero attached hydrogens (tertiary/aromatic N) is 4. The van der Waals surface area contributed by atoms with Crippen molar-refractivity contribution in [2.75, 3.05) is 5.32 Å². The molecule has 0 fully saturated rings. The fraction of sp³-hybridized carbons (Fsp3) is 0.182. The molecule has 0 spiro atoms. The number of allylic oxidation sites excluding steroid dienone is 1. The molecule has 0 radical (unpaired) electrons. The summed E-state index contributed by atoms with van der Waals surface area (Å²) in [4.78, 5) is 16.6. The maximum absolute atomic E-state index is 12.5. The third-order valence-corrected chi connectivity index (χ3v) is 6.42. The van der Waals surface area contributed by atoms with Crippen LogP contribution in [-0.4, -0.2) is 30.9 Å². The average molecular weight is 436 g/mol. The molecule has 8 heteroatoms. The molecule has 1 N–H and O–H groups in total. The zero-order valence-corrected chi connectivity index (χ0v) is 18.1. The summed E-state index contributed by atoms with van der Waals surface area (Å²) in [6.45, 7) is 6.30. The van der Waals surface area contributed by atoms with Gasteiger partial charge in [-0.25, -0.2) is 4.98 Å². The second-order valence-corrected chi connectivity index (χ2v) is 8.90. The quantitative estimate of drug-likeness (QED) is 0.318. The van der Waals surface area contributed by atoms with Gasteiger partial charge in [-0.3, -0.25) is 4.79 Å². The largest absolute Gasteiger partial charge is 0.302 e. The molecule has 0 aliphatic rings. The Bertz CT molecular complexity index is 1160. The molecule has 0 aliphatic carbocycles. The van der Waals surface area contributed by atoms with Crippen LogP contribution in [0.15, 0.2) is 71.9 Å². The van der Waals surface area contributed by atoms with Crippen molar-refractivity contribution in [1.82, 2.24) is 19.7 Å². The summed E-state index contributed by atoms with van der Waals surface area (Å²) >= 11 is 2.78. The maximum atomic E-state index is 12.5. The number of amides is 1. The summed E-state index contributed by atoms with van der Waals surface area (Å²) in [6, 6.07) is 14.6. The van der Waals surface area contributed by atoms with E-state index in [9.17, 15) is 4.79 Å². The average Bonchev–Trinajstić information content (AvgIpc) is 3.39. The van der Waals surface area contributed by atoms with E-state index in [0.29, 0.717) is 23.3 Å². The second-order valence-electron chi connectivity index (χ2n) is 6.70. The van der Waals surface area contributed by atoms with Crippen LogP contribution in [0.1, 0.15) is 18.3 Å². The lowest BCUT2D eigenvalue weighted by atomic mass is 10.0. The predicted molar refractivity (Wildman–Crippen MR) is 123 cm³/mol. The first-order valence-corrected chi connectivity index (χ1v) is 11.3. The Labute approximate surface area is 183 Å². The Balaban J connectivity index is 1.55. The van der Waals surface area contributed by atoms with E-state index in [0.717, 1.165) is 5.82 Å². The van der Waals surface area contributed by atoms with Crippen LogP contribution >= 0.6 is 23.1 Å². The number of anilines is 1. The normalized spacial score (nSPS) is 12.0. The number of fused-ring (bicyclic) bond motifs is 1. The van der Waals surface area contributed by atoms with Crippen LogP contribution in [0.4, 0.5) is 5.13 Å². The van der Waals surface area contributed by atoms with E-state index in [1.54, 1.807) is 6.20 Å². The Morgan fingerprint density at radius 3 is 2.90 bits per heavy atom. The van der Waals surface area contributed by atoms with Crippen molar-refractivity contribution in [3.05, 3.63) is 78.1 Å². The van der Waals surface area contributed by atoms with Gasteiger partial charge >= 0.3 is 0 Å². The second kappa shape index (κ2) is 9.23. The van der Waals surface area contributed by atoms with Crippen LogP contribution in [0.3, 0.4) is 0 Å². The van der Waals surface area contributed by atoms with E-state index >= 15 is 0 Å². The summed E-state index contributed by atoms with van der Waals surface area (Å²) in [7, 11) is 0. The van der Waals surface area contributed by atoms with E-state index in [1.165, 1.54) is 39.4 Å². The van der Waals surface area contributed by atoms with Crippen molar-refractivity contribution >= 4 is 44.9 Å². The third-order valence-electron chi connectivity index (χ3n) is 4.65. The lowest BCUT2D eigenvalue weighted by molar-refractivity contribution is -0.115. The summed E-state index contributed by atoms with van der Waals surface area (Å²) in [5, 5.41) is 16.8. The number of thiazole rings is 1. The molecular weight excluding hydrogens is 414 g/mol. The van der Waals surface area contributed by atoms with Gasteiger partial charge in [-0.2, -0.15) is 0 Å². The molecule has 152 valence electrons. The molecule has 6 nitrogen and oxygen atoms in total. The van der Waals surface area contributed by atoms with Gasteiger partial charge in [0.25, 0.3) is 0 Å². The fourth-order valence-electron chi connectivity index (χ4n) is 3.17. The van der Waals surface area contributed by atoms with Gasteiger partial charge in [-0.1, -0.05) is 60.3 Å². The molecule has 4 aromatic rings. The Kier molecular flexibility index (Phi) is 6.25. The fourth-order valence-corrected chi connectivity index (χ4v) is 4.58. The standard InChI is InChI=1S/C22H21N5OS2/c1-3-12-27-19(14-17-9-6-8-16-7-4-5-10-18(16)17)25-26-22(27)30-15(2)20(28)24-21-23-11-13-29-21/h3-11,13,15H,1,12,14H2,2H3,(H,23,24,28)/t15-/m0/s1. The summed E-state index contributed by atoms with van der Waals surface area (Å²) < 4.78 is 2.02. The van der Waals surface area contributed by atoms with Crippen molar-refractivity contribution in [2.45, 2.75) is 30.3 Å². The van der Waals surface area contributed by atoms with Crippen LogP contribution in [0.5, 0.6) is 0 Å². The minimum atomic E-state index is -0.341. The van der Waals surface area contributed by atoms with Crippen molar-refractivity contribution in [3.8, 4) is 0 Å². The van der Waals surface area contributed by atoms with Gasteiger partial charge in [-0.05, 0) is 23.3 Å². The van der Waals surface area contributed by atoms with Crippen LogP contribution in [0.2, 0.25) is 0 Å². The highest BCUT2D eigenvalue weighted by atomic mass is 32.2. The van der Waals surface area contributed by atoms with Crippen LogP contribution in [0, 0.1) is 0 Å². The lowest BCUT2D eigenvalue weighted by Crippen LogP contribution is -2.22. The van der Waals surface area contributed by atoms with Crippen molar-refractivity contribution in [3.63, 3.8) is 0 Å². The SMILES string of the molecule is C=CCn1c(Cc2cccc3ccccc23)nnc1S[C@@H](C)C(=O)Nc1nccs1. The zero-order valence-electron chi connectivity index (χ0n) is 16.5. The molecule has 0 bridgehead atoms. The van der Waals surface area contributed by atoms with Gasteiger partial charge in [0.2, 0.25) is 5.91 Å². The number of carbonyl (C=O) groups is 1. The number of hydrogen-bond donors (Lipinski definition) is 1. The molecule has 4 rings (SSSR count). The molecule has 0 unspecified atom stereocenters. The number of thioether (sulfide) groups is 1. The highest BCUT2D eigenvalue weighted by Gasteiger charge is 2.21. The molecule has 2 heterocycles. The molecule has 30 heavy (non-hydrogen) atoms. The number of hydrogen-bond acceptors (Lipinski definition) is 6. The summed E-state index contributed by atoms with van der Waals surface area (Å²) in [6.07, 6.45) is 4.14. The molecule has 1 amide bonds. The molecule has 1 atom stereocenters. The summed E-state index contributed by atoms with van der Waals surface area (Å²) in [5.41, 5.74) is 1.19. The number of rotatable bonds is 8. The number of nitrogens with one attached hydrogen (secondary N) is 1. The molecular formula is C22H21N5OS2. The Morgan fingerprint density at radius 1 is 1.27 bits per heavy atom. The van der Waals surface area contributed by atoms with Crippen LogP contribution < -0.4 is 5.32 Å². The van der Waals surface area contributed by atoms with Crippen molar-refractivity contribution in [1.29, 1.82) is 0 Å². The topological polar surface area (TPSA) is 72.7 Å². The van der Waals surface area contributed by atoms with Crippen LogP contribution in [-0.2, 0) is 17.8 Å². The van der Waals surface area contributed by atoms with E-state index in [1.807, 2.05) is 35.1 Å². The van der Waals surface area contributed by atoms with Crippen molar-refractivity contribution < 1.29 is 4.79 Å². The third kappa shape index (κ3) is 4.44. The molecule has 2 aromatic heterocycles.